The minimum Gasteiger partial charge on any atom is -0.464 e. The van der Waals surface area contributed by atoms with Crippen LogP contribution in [0.15, 0.2) is 41.0 Å². The maximum absolute atomic E-state index is 12.0. The molecule has 18 heavy (non-hydrogen) atoms. The second-order valence-corrected chi connectivity index (χ2v) is 4.71. The van der Waals surface area contributed by atoms with Gasteiger partial charge in [-0.3, -0.25) is 4.79 Å². The second kappa shape index (κ2) is 5.27. The summed E-state index contributed by atoms with van der Waals surface area (Å²) in [7, 11) is 0. The van der Waals surface area contributed by atoms with E-state index in [2.05, 4.69) is 5.32 Å². The summed E-state index contributed by atoms with van der Waals surface area (Å²) in [6, 6.07) is 8.98. The van der Waals surface area contributed by atoms with Crippen molar-refractivity contribution in [3.05, 3.63) is 47.2 Å². The number of rotatable bonds is 3. The van der Waals surface area contributed by atoms with Gasteiger partial charge in [0.15, 0.2) is 0 Å². The highest BCUT2D eigenvalue weighted by molar-refractivity contribution is 6.34. The summed E-state index contributed by atoms with van der Waals surface area (Å²) in [5.74, 6) is 0.536. The molecule has 0 unspecified atom stereocenters. The molecular weight excluding hydrogens is 250 g/mol. The molecule has 2 aromatic rings. The van der Waals surface area contributed by atoms with Gasteiger partial charge in [-0.25, -0.2) is 0 Å². The molecule has 94 valence electrons. The maximum atomic E-state index is 12.0. The first kappa shape index (κ1) is 12.7. The van der Waals surface area contributed by atoms with Crippen LogP contribution < -0.4 is 5.32 Å². The normalized spacial score (nSPS) is 10.7. The van der Waals surface area contributed by atoms with Crippen LogP contribution in [0.3, 0.4) is 0 Å². The van der Waals surface area contributed by atoms with Crippen LogP contribution >= 0.6 is 11.6 Å². The summed E-state index contributed by atoms with van der Waals surface area (Å²) in [5, 5.41) is 3.25. The Bertz CT molecular complexity index is 547. The first-order chi connectivity index (χ1) is 8.58. The fourth-order valence-corrected chi connectivity index (χ4v) is 1.84. The molecule has 1 heterocycles. The second-order valence-electron chi connectivity index (χ2n) is 4.30. The molecule has 0 aliphatic rings. The highest BCUT2D eigenvalue weighted by Gasteiger charge is 2.13. The number of nitrogens with one attached hydrogen (secondary N) is 1. The summed E-state index contributed by atoms with van der Waals surface area (Å²) in [6.07, 6.45) is 1.60. The molecule has 0 aliphatic carbocycles. The highest BCUT2D eigenvalue weighted by Crippen LogP contribution is 2.25. The van der Waals surface area contributed by atoms with E-state index in [-0.39, 0.29) is 11.9 Å². The molecule has 1 N–H and O–H groups in total. The molecule has 0 spiro atoms. The van der Waals surface area contributed by atoms with Crippen LogP contribution in [0.25, 0.3) is 11.3 Å². The molecule has 0 bridgehead atoms. The number of hydrogen-bond donors (Lipinski definition) is 1. The summed E-state index contributed by atoms with van der Waals surface area (Å²) in [6.45, 7) is 3.81. The largest absolute Gasteiger partial charge is 0.464 e. The van der Waals surface area contributed by atoms with Crippen molar-refractivity contribution in [2.75, 3.05) is 0 Å². The van der Waals surface area contributed by atoms with Crippen LogP contribution in [0.4, 0.5) is 0 Å². The van der Waals surface area contributed by atoms with Crippen molar-refractivity contribution in [1.82, 2.24) is 5.32 Å². The van der Waals surface area contributed by atoms with Crippen molar-refractivity contribution >= 4 is 17.5 Å². The SMILES string of the molecule is CC(C)NC(=O)c1cc(-c2ccco2)ccc1Cl. The first-order valence-electron chi connectivity index (χ1n) is 5.72. The third kappa shape index (κ3) is 2.74. The van der Waals surface area contributed by atoms with Crippen LogP contribution in [-0.2, 0) is 0 Å². The molecular formula is C14H14ClNO2. The lowest BCUT2D eigenvalue weighted by Crippen LogP contribution is -2.30. The van der Waals surface area contributed by atoms with Crippen molar-refractivity contribution in [1.29, 1.82) is 0 Å². The minimum atomic E-state index is -0.177. The average molecular weight is 264 g/mol. The van der Waals surface area contributed by atoms with Crippen LogP contribution in [0.1, 0.15) is 24.2 Å². The number of benzene rings is 1. The number of amides is 1. The zero-order chi connectivity index (χ0) is 13.1. The van der Waals surface area contributed by atoms with Crippen LogP contribution in [0.5, 0.6) is 0 Å². The first-order valence-corrected chi connectivity index (χ1v) is 6.10. The third-order valence-corrected chi connectivity index (χ3v) is 2.77. The smallest absolute Gasteiger partial charge is 0.253 e. The molecule has 0 atom stereocenters. The quantitative estimate of drug-likeness (QED) is 0.917. The lowest BCUT2D eigenvalue weighted by atomic mass is 10.1. The van der Waals surface area contributed by atoms with Crippen molar-refractivity contribution in [2.45, 2.75) is 19.9 Å². The molecule has 0 saturated carbocycles. The highest BCUT2D eigenvalue weighted by atomic mass is 35.5. The van der Waals surface area contributed by atoms with E-state index < -0.39 is 0 Å². The van der Waals surface area contributed by atoms with Crippen LogP contribution in [0, 0.1) is 0 Å². The molecule has 4 heteroatoms. The Labute approximate surface area is 111 Å². The van der Waals surface area contributed by atoms with Crippen molar-refractivity contribution in [3.63, 3.8) is 0 Å². The van der Waals surface area contributed by atoms with E-state index in [9.17, 15) is 4.79 Å². The van der Waals surface area contributed by atoms with Crippen LogP contribution in [-0.4, -0.2) is 11.9 Å². The number of carbonyl (C=O) groups is 1. The average Bonchev–Trinajstić information content (AvgIpc) is 2.82. The van der Waals surface area contributed by atoms with Gasteiger partial charge in [0, 0.05) is 11.6 Å². The zero-order valence-electron chi connectivity index (χ0n) is 10.2. The summed E-state index contributed by atoms with van der Waals surface area (Å²) < 4.78 is 5.30. The summed E-state index contributed by atoms with van der Waals surface area (Å²) in [5.41, 5.74) is 1.29. The number of hydrogen-bond acceptors (Lipinski definition) is 2. The van der Waals surface area contributed by atoms with Gasteiger partial charge < -0.3 is 9.73 Å². The van der Waals surface area contributed by atoms with E-state index in [1.807, 2.05) is 26.0 Å². The molecule has 1 aromatic carbocycles. The number of furan rings is 1. The predicted molar refractivity (Wildman–Crippen MR) is 71.8 cm³/mol. The summed E-state index contributed by atoms with van der Waals surface area (Å²) in [4.78, 5) is 12.0. The molecule has 0 aliphatic heterocycles. The van der Waals surface area contributed by atoms with Gasteiger partial charge in [-0.1, -0.05) is 11.6 Å². The van der Waals surface area contributed by atoms with E-state index in [4.69, 9.17) is 16.0 Å². The Balaban J connectivity index is 2.36. The Morgan fingerprint density at radius 1 is 1.33 bits per heavy atom. The fourth-order valence-electron chi connectivity index (χ4n) is 1.64. The monoisotopic (exact) mass is 263 g/mol. The molecule has 1 aromatic heterocycles. The topological polar surface area (TPSA) is 42.2 Å². The molecule has 0 saturated heterocycles. The molecule has 1 amide bonds. The summed E-state index contributed by atoms with van der Waals surface area (Å²) >= 11 is 6.04. The van der Waals surface area contributed by atoms with Crippen LogP contribution in [0.2, 0.25) is 5.02 Å². The zero-order valence-corrected chi connectivity index (χ0v) is 11.0. The van der Waals surface area contributed by atoms with Gasteiger partial charge in [-0.2, -0.15) is 0 Å². The van der Waals surface area contributed by atoms with Crippen molar-refractivity contribution in [2.24, 2.45) is 0 Å². The van der Waals surface area contributed by atoms with E-state index in [1.54, 1.807) is 24.5 Å². The Morgan fingerprint density at radius 3 is 2.72 bits per heavy atom. The Hall–Kier alpha value is -1.74. The standard InChI is InChI=1S/C14H14ClNO2/c1-9(2)16-14(17)11-8-10(5-6-12(11)15)13-4-3-7-18-13/h3-9H,1-2H3,(H,16,17). The van der Waals surface area contributed by atoms with Crippen molar-refractivity contribution < 1.29 is 9.21 Å². The molecule has 0 radical (unpaired) electrons. The van der Waals surface area contributed by atoms with E-state index in [0.717, 1.165) is 5.56 Å². The Kier molecular flexibility index (Phi) is 3.72. The number of halogens is 1. The van der Waals surface area contributed by atoms with E-state index >= 15 is 0 Å². The van der Waals surface area contributed by atoms with Gasteiger partial charge in [-0.15, -0.1) is 0 Å². The lowest BCUT2D eigenvalue weighted by Gasteiger charge is -2.10. The van der Waals surface area contributed by atoms with Gasteiger partial charge in [0.2, 0.25) is 0 Å². The van der Waals surface area contributed by atoms with Gasteiger partial charge in [0.25, 0.3) is 5.91 Å². The Morgan fingerprint density at radius 2 is 2.11 bits per heavy atom. The van der Waals surface area contributed by atoms with Crippen molar-refractivity contribution in [3.8, 4) is 11.3 Å². The predicted octanol–water partition coefficient (Wildman–Crippen LogP) is 3.74. The van der Waals surface area contributed by atoms with Gasteiger partial charge in [0.05, 0.1) is 16.8 Å². The lowest BCUT2D eigenvalue weighted by molar-refractivity contribution is 0.0943. The molecule has 0 fully saturated rings. The minimum absolute atomic E-state index is 0.0702. The fraction of sp³-hybridized carbons (Fsp3) is 0.214. The van der Waals surface area contributed by atoms with E-state index in [0.29, 0.717) is 16.3 Å². The maximum Gasteiger partial charge on any atom is 0.253 e. The molecule has 2 rings (SSSR count). The molecule has 3 nitrogen and oxygen atoms in total. The third-order valence-electron chi connectivity index (χ3n) is 2.44. The van der Waals surface area contributed by atoms with Gasteiger partial charge in [0.1, 0.15) is 5.76 Å². The van der Waals surface area contributed by atoms with Gasteiger partial charge in [-0.05, 0) is 44.2 Å². The van der Waals surface area contributed by atoms with E-state index in [1.165, 1.54) is 0 Å². The number of carbonyl (C=O) groups excluding carboxylic acids is 1. The van der Waals surface area contributed by atoms with Gasteiger partial charge >= 0.3 is 0 Å².